The molecular formula is C19H24N2O4S. The smallest absolute Gasteiger partial charge is 0.229 e. The Morgan fingerprint density at radius 2 is 2.00 bits per heavy atom. The monoisotopic (exact) mass is 376 g/mol. The summed E-state index contributed by atoms with van der Waals surface area (Å²) in [7, 11) is -3.05. The predicted octanol–water partition coefficient (Wildman–Crippen LogP) is 1.54. The van der Waals surface area contributed by atoms with Crippen LogP contribution in [0, 0.1) is 5.92 Å². The molecule has 2 fully saturated rings. The van der Waals surface area contributed by atoms with Gasteiger partial charge in [0.15, 0.2) is 9.84 Å². The van der Waals surface area contributed by atoms with Crippen molar-refractivity contribution in [3.8, 4) is 0 Å². The second-order valence-electron chi connectivity index (χ2n) is 7.64. The number of anilines is 1. The minimum atomic E-state index is -3.05. The summed E-state index contributed by atoms with van der Waals surface area (Å²) in [6.07, 6.45) is 4.98. The fraction of sp³-hybridized carbons (Fsp3) is 0.579. The molecule has 0 spiro atoms. The Morgan fingerprint density at radius 3 is 2.77 bits per heavy atom. The first-order valence-electron chi connectivity index (χ1n) is 9.34. The first-order valence-corrected chi connectivity index (χ1v) is 11.2. The highest BCUT2D eigenvalue weighted by atomic mass is 32.2. The zero-order valence-electron chi connectivity index (χ0n) is 14.7. The van der Waals surface area contributed by atoms with E-state index in [0.717, 1.165) is 24.9 Å². The van der Waals surface area contributed by atoms with Crippen LogP contribution >= 0.6 is 0 Å². The molecule has 0 bridgehead atoms. The molecule has 1 aromatic rings. The van der Waals surface area contributed by atoms with Gasteiger partial charge in [-0.05, 0) is 49.3 Å². The van der Waals surface area contributed by atoms with Gasteiger partial charge in [0.25, 0.3) is 0 Å². The van der Waals surface area contributed by atoms with Crippen LogP contribution in [0.2, 0.25) is 0 Å². The lowest BCUT2D eigenvalue weighted by Crippen LogP contribution is -2.38. The number of nitrogens with one attached hydrogen (secondary N) is 1. The molecule has 140 valence electrons. The van der Waals surface area contributed by atoms with Gasteiger partial charge in [-0.3, -0.25) is 9.59 Å². The molecular weight excluding hydrogens is 352 g/mol. The van der Waals surface area contributed by atoms with Crippen LogP contribution in [0.5, 0.6) is 0 Å². The first-order chi connectivity index (χ1) is 12.4. The number of carbonyl (C=O) groups excluding carboxylic acids is 2. The SMILES string of the molecule is O=C(Nc1cccc2c1CCCC2)[C@@H]1CC(=O)N([C@@H]2CCS(=O)(=O)C2)C1. The van der Waals surface area contributed by atoms with E-state index in [1.807, 2.05) is 12.1 Å². The van der Waals surface area contributed by atoms with Crippen molar-refractivity contribution < 1.29 is 18.0 Å². The van der Waals surface area contributed by atoms with Crippen LogP contribution in [0.4, 0.5) is 5.69 Å². The molecule has 1 N–H and O–H groups in total. The number of rotatable bonds is 3. The molecule has 6 nitrogen and oxygen atoms in total. The van der Waals surface area contributed by atoms with Crippen molar-refractivity contribution in [2.45, 2.75) is 44.6 Å². The van der Waals surface area contributed by atoms with Crippen LogP contribution in [0.15, 0.2) is 18.2 Å². The molecule has 1 aliphatic carbocycles. The number of carbonyl (C=O) groups is 2. The van der Waals surface area contributed by atoms with Crippen molar-refractivity contribution >= 4 is 27.3 Å². The highest BCUT2D eigenvalue weighted by Crippen LogP contribution is 2.30. The lowest BCUT2D eigenvalue weighted by atomic mass is 9.90. The third kappa shape index (κ3) is 3.37. The van der Waals surface area contributed by atoms with Crippen LogP contribution in [-0.2, 0) is 32.3 Å². The van der Waals surface area contributed by atoms with Gasteiger partial charge in [-0.15, -0.1) is 0 Å². The summed E-state index contributed by atoms with van der Waals surface area (Å²) in [5, 5.41) is 3.02. The van der Waals surface area contributed by atoms with Gasteiger partial charge in [0.1, 0.15) is 0 Å². The van der Waals surface area contributed by atoms with Crippen molar-refractivity contribution in [2.24, 2.45) is 5.92 Å². The van der Waals surface area contributed by atoms with Crippen LogP contribution in [0.3, 0.4) is 0 Å². The van der Waals surface area contributed by atoms with Crippen LogP contribution < -0.4 is 5.32 Å². The third-order valence-corrected chi connectivity index (χ3v) is 7.58. The summed E-state index contributed by atoms with van der Waals surface area (Å²) in [5.74, 6) is -0.499. The number of hydrogen-bond donors (Lipinski definition) is 1. The largest absolute Gasteiger partial charge is 0.338 e. The molecule has 0 radical (unpaired) electrons. The van der Waals surface area contributed by atoms with E-state index in [1.54, 1.807) is 4.90 Å². The number of likely N-dealkylation sites (tertiary alicyclic amines) is 1. The maximum atomic E-state index is 12.7. The fourth-order valence-corrected chi connectivity index (χ4v) is 6.15. The maximum absolute atomic E-state index is 12.7. The Morgan fingerprint density at radius 1 is 1.19 bits per heavy atom. The molecule has 2 saturated heterocycles. The van der Waals surface area contributed by atoms with E-state index in [-0.39, 0.29) is 35.8 Å². The van der Waals surface area contributed by atoms with E-state index in [4.69, 9.17) is 0 Å². The summed E-state index contributed by atoms with van der Waals surface area (Å²) in [4.78, 5) is 26.7. The molecule has 0 saturated carbocycles. The normalized spacial score (nSPS) is 27.4. The Bertz CT molecular complexity index is 849. The molecule has 2 heterocycles. The average molecular weight is 376 g/mol. The molecule has 2 atom stereocenters. The molecule has 1 aromatic carbocycles. The quantitative estimate of drug-likeness (QED) is 0.867. The highest BCUT2D eigenvalue weighted by Gasteiger charge is 2.42. The van der Waals surface area contributed by atoms with Gasteiger partial charge in [0.2, 0.25) is 11.8 Å². The average Bonchev–Trinajstić information content (AvgIpc) is 3.17. The van der Waals surface area contributed by atoms with Gasteiger partial charge in [0, 0.05) is 24.7 Å². The molecule has 0 unspecified atom stereocenters. The van der Waals surface area contributed by atoms with Crippen molar-refractivity contribution in [1.29, 1.82) is 0 Å². The second kappa shape index (κ2) is 6.68. The molecule has 2 aliphatic heterocycles. The summed E-state index contributed by atoms with van der Waals surface area (Å²) < 4.78 is 23.4. The van der Waals surface area contributed by atoms with E-state index < -0.39 is 15.8 Å². The second-order valence-corrected chi connectivity index (χ2v) is 9.87. The number of hydrogen-bond acceptors (Lipinski definition) is 4. The minimum absolute atomic E-state index is 0.0271. The van der Waals surface area contributed by atoms with E-state index in [0.29, 0.717) is 13.0 Å². The zero-order chi connectivity index (χ0) is 18.3. The number of fused-ring (bicyclic) bond motifs is 1. The number of aryl methyl sites for hydroxylation is 1. The van der Waals surface area contributed by atoms with E-state index >= 15 is 0 Å². The van der Waals surface area contributed by atoms with Gasteiger partial charge in [0.05, 0.1) is 17.4 Å². The summed E-state index contributed by atoms with van der Waals surface area (Å²) in [6, 6.07) is 5.75. The van der Waals surface area contributed by atoms with Crippen LogP contribution in [-0.4, -0.2) is 49.2 Å². The van der Waals surface area contributed by atoms with E-state index in [9.17, 15) is 18.0 Å². The van der Waals surface area contributed by atoms with Crippen molar-refractivity contribution in [2.75, 3.05) is 23.4 Å². The molecule has 7 heteroatoms. The standard InChI is InChI=1S/C19H24N2O4S/c22-18-10-14(11-21(18)15-8-9-26(24,25)12-15)19(23)20-17-7-3-5-13-4-1-2-6-16(13)17/h3,5,7,14-15H,1-2,4,6,8-12H2,(H,20,23)/t14-,15-/m1/s1. The summed E-state index contributed by atoms with van der Waals surface area (Å²) >= 11 is 0. The van der Waals surface area contributed by atoms with Gasteiger partial charge >= 0.3 is 0 Å². The van der Waals surface area contributed by atoms with Crippen molar-refractivity contribution in [3.63, 3.8) is 0 Å². The van der Waals surface area contributed by atoms with E-state index in [1.165, 1.54) is 17.5 Å². The van der Waals surface area contributed by atoms with Gasteiger partial charge in [-0.1, -0.05) is 12.1 Å². The van der Waals surface area contributed by atoms with E-state index in [2.05, 4.69) is 11.4 Å². The molecule has 0 aromatic heterocycles. The zero-order valence-corrected chi connectivity index (χ0v) is 15.6. The number of sulfone groups is 1. The van der Waals surface area contributed by atoms with Gasteiger partial charge < -0.3 is 10.2 Å². The van der Waals surface area contributed by atoms with Gasteiger partial charge in [-0.2, -0.15) is 0 Å². The third-order valence-electron chi connectivity index (χ3n) is 5.83. The lowest BCUT2D eigenvalue weighted by Gasteiger charge is -2.23. The maximum Gasteiger partial charge on any atom is 0.229 e. The highest BCUT2D eigenvalue weighted by molar-refractivity contribution is 7.91. The fourth-order valence-electron chi connectivity index (χ4n) is 4.41. The topological polar surface area (TPSA) is 83.6 Å². The summed E-state index contributed by atoms with van der Waals surface area (Å²) in [5.41, 5.74) is 3.38. The Labute approximate surface area is 153 Å². The molecule has 4 rings (SSSR count). The van der Waals surface area contributed by atoms with Crippen molar-refractivity contribution in [1.82, 2.24) is 4.90 Å². The Hall–Kier alpha value is -1.89. The summed E-state index contributed by atoms with van der Waals surface area (Å²) in [6.45, 7) is 0.319. The molecule has 2 amide bonds. The predicted molar refractivity (Wildman–Crippen MR) is 98.6 cm³/mol. The van der Waals surface area contributed by atoms with Crippen LogP contribution in [0.1, 0.15) is 36.8 Å². The molecule has 3 aliphatic rings. The number of amides is 2. The number of benzene rings is 1. The Kier molecular flexibility index (Phi) is 4.50. The van der Waals surface area contributed by atoms with Crippen LogP contribution in [0.25, 0.3) is 0 Å². The lowest BCUT2D eigenvalue weighted by molar-refractivity contribution is -0.129. The number of nitrogens with zero attached hydrogens (tertiary/aromatic N) is 1. The van der Waals surface area contributed by atoms with Crippen molar-refractivity contribution in [3.05, 3.63) is 29.3 Å². The minimum Gasteiger partial charge on any atom is -0.338 e. The van der Waals surface area contributed by atoms with Gasteiger partial charge in [-0.25, -0.2) is 8.42 Å². The first kappa shape index (κ1) is 17.5. The Balaban J connectivity index is 1.44. The molecule has 26 heavy (non-hydrogen) atoms.